The zero-order valence-corrected chi connectivity index (χ0v) is 14.2. The van der Waals surface area contributed by atoms with E-state index in [1.165, 1.54) is 18.3 Å². The highest BCUT2D eigenvalue weighted by atomic mass is 35.5. The van der Waals surface area contributed by atoms with Crippen LogP contribution in [0.3, 0.4) is 0 Å². The average Bonchev–Trinajstić information content (AvgIpc) is 2.55. The second-order valence-electron chi connectivity index (χ2n) is 5.56. The maximum absolute atomic E-state index is 14.3. The van der Waals surface area contributed by atoms with Gasteiger partial charge in [-0.05, 0) is 19.9 Å². The standard InChI is InChI=1S/C17H14ClF3N4/c1-8(11-4-3-5-12(14(11)19)15(20)21)23-17-13-6-10(18)7-22-16(13)24-9(2)25-17/h3-8,15H,1-2H3,(H,22,23,24,25). The quantitative estimate of drug-likeness (QED) is 0.686. The van der Waals surface area contributed by atoms with Crippen molar-refractivity contribution in [3.8, 4) is 0 Å². The third-order valence-corrected chi connectivity index (χ3v) is 3.95. The molecule has 1 atom stereocenters. The molecule has 0 saturated heterocycles. The third-order valence-electron chi connectivity index (χ3n) is 3.74. The molecule has 0 aliphatic rings. The number of hydrogen-bond donors (Lipinski definition) is 1. The van der Waals surface area contributed by atoms with E-state index in [2.05, 4.69) is 20.3 Å². The maximum Gasteiger partial charge on any atom is 0.266 e. The molecule has 1 aromatic carbocycles. The fourth-order valence-electron chi connectivity index (χ4n) is 2.56. The minimum Gasteiger partial charge on any atom is -0.363 e. The summed E-state index contributed by atoms with van der Waals surface area (Å²) in [4.78, 5) is 12.7. The lowest BCUT2D eigenvalue weighted by atomic mass is 10.0. The van der Waals surface area contributed by atoms with Gasteiger partial charge in [0.2, 0.25) is 0 Å². The number of hydrogen-bond acceptors (Lipinski definition) is 4. The predicted molar refractivity (Wildman–Crippen MR) is 90.5 cm³/mol. The molecule has 0 fully saturated rings. The number of anilines is 1. The Morgan fingerprint density at radius 1 is 1.16 bits per heavy atom. The van der Waals surface area contributed by atoms with Crippen LogP contribution >= 0.6 is 11.6 Å². The van der Waals surface area contributed by atoms with E-state index in [4.69, 9.17) is 11.6 Å². The second-order valence-corrected chi connectivity index (χ2v) is 6.00. The van der Waals surface area contributed by atoms with Gasteiger partial charge in [-0.3, -0.25) is 0 Å². The van der Waals surface area contributed by atoms with Gasteiger partial charge in [0.25, 0.3) is 6.43 Å². The van der Waals surface area contributed by atoms with Gasteiger partial charge in [-0.25, -0.2) is 28.1 Å². The molecule has 2 heterocycles. The van der Waals surface area contributed by atoms with Crippen molar-refractivity contribution in [2.24, 2.45) is 0 Å². The molecule has 25 heavy (non-hydrogen) atoms. The van der Waals surface area contributed by atoms with Crippen molar-refractivity contribution in [3.05, 3.63) is 58.3 Å². The van der Waals surface area contributed by atoms with Gasteiger partial charge < -0.3 is 5.32 Å². The van der Waals surface area contributed by atoms with E-state index in [1.54, 1.807) is 19.9 Å². The molecule has 8 heteroatoms. The largest absolute Gasteiger partial charge is 0.363 e. The molecule has 0 saturated carbocycles. The molecular formula is C17H14ClF3N4. The van der Waals surface area contributed by atoms with E-state index in [0.29, 0.717) is 27.7 Å². The highest BCUT2D eigenvalue weighted by molar-refractivity contribution is 6.31. The van der Waals surface area contributed by atoms with Crippen LogP contribution in [0.1, 0.15) is 36.3 Å². The van der Waals surface area contributed by atoms with E-state index in [1.807, 2.05) is 0 Å². The lowest BCUT2D eigenvalue weighted by Crippen LogP contribution is -2.12. The van der Waals surface area contributed by atoms with Crippen LogP contribution < -0.4 is 5.32 Å². The molecule has 3 aromatic rings. The summed E-state index contributed by atoms with van der Waals surface area (Å²) in [6.45, 7) is 3.36. The van der Waals surface area contributed by atoms with E-state index < -0.39 is 23.8 Å². The molecule has 1 unspecified atom stereocenters. The summed E-state index contributed by atoms with van der Waals surface area (Å²) in [5.74, 6) is -0.0468. The highest BCUT2D eigenvalue weighted by Gasteiger charge is 2.20. The summed E-state index contributed by atoms with van der Waals surface area (Å²) in [6.07, 6.45) is -1.41. The van der Waals surface area contributed by atoms with Crippen molar-refractivity contribution in [3.63, 3.8) is 0 Å². The van der Waals surface area contributed by atoms with Crippen LogP contribution in [-0.4, -0.2) is 15.0 Å². The number of aryl methyl sites for hydroxylation is 1. The van der Waals surface area contributed by atoms with Gasteiger partial charge in [0.1, 0.15) is 17.5 Å². The van der Waals surface area contributed by atoms with Gasteiger partial charge in [-0.1, -0.05) is 29.8 Å². The van der Waals surface area contributed by atoms with E-state index in [0.717, 1.165) is 6.07 Å². The SMILES string of the molecule is Cc1nc(NC(C)c2cccc(C(F)F)c2F)c2cc(Cl)cnc2n1. The van der Waals surface area contributed by atoms with Gasteiger partial charge in [0.15, 0.2) is 5.65 Å². The summed E-state index contributed by atoms with van der Waals surface area (Å²) in [5, 5.41) is 4.01. The Labute approximate surface area is 147 Å². The number of aromatic nitrogens is 3. The Bertz CT molecular complexity index is 933. The maximum atomic E-state index is 14.3. The van der Waals surface area contributed by atoms with Crippen molar-refractivity contribution in [1.29, 1.82) is 0 Å². The van der Waals surface area contributed by atoms with Crippen LogP contribution in [0.4, 0.5) is 19.0 Å². The van der Waals surface area contributed by atoms with Gasteiger partial charge >= 0.3 is 0 Å². The van der Waals surface area contributed by atoms with Crippen molar-refractivity contribution < 1.29 is 13.2 Å². The first kappa shape index (κ1) is 17.4. The van der Waals surface area contributed by atoms with Crippen LogP contribution in [0.5, 0.6) is 0 Å². The fourth-order valence-corrected chi connectivity index (χ4v) is 2.72. The first-order chi connectivity index (χ1) is 11.9. The number of alkyl halides is 2. The minimum atomic E-state index is -2.88. The van der Waals surface area contributed by atoms with E-state index in [-0.39, 0.29) is 5.56 Å². The smallest absolute Gasteiger partial charge is 0.266 e. The Morgan fingerprint density at radius 3 is 2.60 bits per heavy atom. The summed E-state index contributed by atoms with van der Waals surface area (Å²) in [6, 6.07) is 4.98. The number of nitrogens with one attached hydrogen (secondary N) is 1. The minimum absolute atomic E-state index is 0.122. The number of benzene rings is 1. The summed E-state index contributed by atoms with van der Waals surface area (Å²) < 4.78 is 40.1. The molecule has 1 N–H and O–H groups in total. The van der Waals surface area contributed by atoms with Crippen LogP contribution in [0.15, 0.2) is 30.5 Å². The molecule has 0 aliphatic carbocycles. The summed E-state index contributed by atoms with van der Waals surface area (Å²) in [7, 11) is 0. The summed E-state index contributed by atoms with van der Waals surface area (Å²) in [5.41, 5.74) is -0.0646. The van der Waals surface area contributed by atoms with Crippen LogP contribution in [0, 0.1) is 12.7 Å². The summed E-state index contributed by atoms with van der Waals surface area (Å²) >= 11 is 5.98. The first-order valence-electron chi connectivity index (χ1n) is 7.49. The Kier molecular flexibility index (Phi) is 4.76. The zero-order chi connectivity index (χ0) is 18.1. The van der Waals surface area contributed by atoms with Crippen molar-refractivity contribution in [1.82, 2.24) is 15.0 Å². The molecule has 4 nitrogen and oxygen atoms in total. The number of fused-ring (bicyclic) bond motifs is 1. The van der Waals surface area contributed by atoms with Crippen molar-refractivity contribution >= 4 is 28.5 Å². The molecular weight excluding hydrogens is 353 g/mol. The van der Waals surface area contributed by atoms with Crippen LogP contribution in [-0.2, 0) is 0 Å². The fraction of sp³-hybridized carbons (Fsp3) is 0.235. The molecule has 130 valence electrons. The first-order valence-corrected chi connectivity index (χ1v) is 7.87. The van der Waals surface area contributed by atoms with Crippen molar-refractivity contribution in [2.75, 3.05) is 5.32 Å². The topological polar surface area (TPSA) is 50.7 Å². The number of halogens is 4. The van der Waals surface area contributed by atoms with Crippen LogP contribution in [0.25, 0.3) is 11.0 Å². The van der Waals surface area contributed by atoms with Crippen LogP contribution in [0.2, 0.25) is 5.02 Å². The Balaban J connectivity index is 2.02. The lowest BCUT2D eigenvalue weighted by Gasteiger charge is -2.18. The molecule has 0 amide bonds. The lowest BCUT2D eigenvalue weighted by molar-refractivity contribution is 0.146. The van der Waals surface area contributed by atoms with Gasteiger partial charge in [-0.15, -0.1) is 0 Å². The number of nitrogens with zero attached hydrogens (tertiary/aromatic N) is 3. The van der Waals surface area contributed by atoms with E-state index in [9.17, 15) is 13.2 Å². The molecule has 0 radical (unpaired) electrons. The Hall–Kier alpha value is -2.41. The molecule has 0 aliphatic heterocycles. The molecule has 0 bridgehead atoms. The second kappa shape index (κ2) is 6.84. The zero-order valence-electron chi connectivity index (χ0n) is 13.4. The number of rotatable bonds is 4. The predicted octanol–water partition coefficient (Wildman–Crippen LogP) is 5.24. The average molecular weight is 367 g/mol. The normalized spacial score (nSPS) is 12.6. The van der Waals surface area contributed by atoms with Gasteiger partial charge in [0.05, 0.1) is 22.0 Å². The molecule has 3 rings (SSSR count). The number of pyridine rings is 1. The van der Waals surface area contributed by atoms with E-state index >= 15 is 0 Å². The van der Waals surface area contributed by atoms with Crippen molar-refractivity contribution in [2.45, 2.75) is 26.3 Å². The molecule has 0 spiro atoms. The Morgan fingerprint density at radius 2 is 1.88 bits per heavy atom. The highest BCUT2D eigenvalue weighted by Crippen LogP contribution is 2.30. The monoisotopic (exact) mass is 366 g/mol. The molecule has 2 aromatic heterocycles. The third kappa shape index (κ3) is 3.51. The van der Waals surface area contributed by atoms with Gasteiger partial charge in [-0.2, -0.15) is 0 Å². The van der Waals surface area contributed by atoms with Gasteiger partial charge in [0, 0.05) is 11.8 Å².